The van der Waals surface area contributed by atoms with Gasteiger partial charge in [0.05, 0.1) is 12.7 Å². The molecule has 0 fully saturated rings. The molecule has 0 saturated carbocycles. The Bertz CT molecular complexity index is 635. The molecule has 0 aromatic heterocycles. The van der Waals surface area contributed by atoms with E-state index in [0.717, 1.165) is 0 Å². The molecule has 0 unspecified atom stereocenters. The second-order valence-corrected chi connectivity index (χ2v) is 4.07. The van der Waals surface area contributed by atoms with Crippen LogP contribution in [0.3, 0.4) is 0 Å². The highest BCUT2D eigenvalue weighted by atomic mass is 16.5. The van der Waals surface area contributed by atoms with Gasteiger partial charge in [0.25, 0.3) is 5.91 Å². The van der Waals surface area contributed by atoms with Gasteiger partial charge in [-0.1, -0.05) is 6.07 Å². The number of benzene rings is 2. The third-order valence-electron chi connectivity index (χ3n) is 2.67. The number of methoxy groups -OCH3 is 1. The Morgan fingerprint density at radius 2 is 1.75 bits per heavy atom. The van der Waals surface area contributed by atoms with E-state index in [1.54, 1.807) is 36.4 Å². The Kier molecular flexibility index (Phi) is 4.00. The first-order chi connectivity index (χ1) is 9.60. The standard InChI is InChI=1S/C15H13NO4/c1-20-15(19)10-5-7-12(8-6-10)16-14(18)11-3-2-4-13(17)9-11/h2-9,17H,1H3,(H,16,18). The number of rotatable bonds is 3. The third kappa shape index (κ3) is 3.14. The summed E-state index contributed by atoms with van der Waals surface area (Å²) in [6, 6.07) is 12.4. The van der Waals surface area contributed by atoms with Crippen molar-refractivity contribution in [3.05, 3.63) is 59.7 Å². The van der Waals surface area contributed by atoms with Crippen LogP contribution in [0.2, 0.25) is 0 Å². The van der Waals surface area contributed by atoms with Gasteiger partial charge in [-0.15, -0.1) is 0 Å². The van der Waals surface area contributed by atoms with Crippen LogP contribution < -0.4 is 5.32 Å². The largest absolute Gasteiger partial charge is 0.508 e. The highest BCUT2D eigenvalue weighted by Gasteiger charge is 2.08. The minimum atomic E-state index is -0.434. The quantitative estimate of drug-likeness (QED) is 0.841. The fourth-order valence-corrected chi connectivity index (χ4v) is 1.66. The van der Waals surface area contributed by atoms with E-state index in [1.165, 1.54) is 19.2 Å². The molecule has 0 heterocycles. The van der Waals surface area contributed by atoms with Crippen molar-refractivity contribution in [2.24, 2.45) is 0 Å². The summed E-state index contributed by atoms with van der Waals surface area (Å²) in [4.78, 5) is 23.2. The number of hydrogen-bond donors (Lipinski definition) is 2. The summed E-state index contributed by atoms with van der Waals surface area (Å²) in [5, 5.41) is 12.0. The molecule has 5 nitrogen and oxygen atoms in total. The number of esters is 1. The predicted octanol–water partition coefficient (Wildman–Crippen LogP) is 2.43. The molecule has 0 spiro atoms. The molecular weight excluding hydrogens is 258 g/mol. The Balaban J connectivity index is 2.10. The number of hydrogen-bond acceptors (Lipinski definition) is 4. The van der Waals surface area contributed by atoms with Crippen LogP contribution in [-0.4, -0.2) is 24.1 Å². The van der Waals surface area contributed by atoms with Gasteiger partial charge in [0, 0.05) is 11.3 Å². The summed E-state index contributed by atoms with van der Waals surface area (Å²) in [7, 11) is 1.31. The highest BCUT2D eigenvalue weighted by Crippen LogP contribution is 2.15. The van der Waals surface area contributed by atoms with E-state index < -0.39 is 5.97 Å². The van der Waals surface area contributed by atoms with E-state index in [4.69, 9.17) is 0 Å². The van der Waals surface area contributed by atoms with Crippen molar-refractivity contribution in [2.75, 3.05) is 12.4 Å². The van der Waals surface area contributed by atoms with Crippen LogP contribution >= 0.6 is 0 Å². The average Bonchev–Trinajstić information content (AvgIpc) is 2.47. The lowest BCUT2D eigenvalue weighted by Crippen LogP contribution is -2.11. The Hall–Kier alpha value is -2.82. The average molecular weight is 271 g/mol. The van der Waals surface area contributed by atoms with Crippen LogP contribution in [0.4, 0.5) is 5.69 Å². The lowest BCUT2D eigenvalue weighted by Gasteiger charge is -2.06. The minimum absolute atomic E-state index is 0.0266. The second kappa shape index (κ2) is 5.88. The van der Waals surface area contributed by atoms with Crippen LogP contribution in [0, 0.1) is 0 Å². The van der Waals surface area contributed by atoms with Gasteiger partial charge < -0.3 is 15.2 Å². The van der Waals surface area contributed by atoms with Gasteiger partial charge in [-0.25, -0.2) is 4.79 Å². The highest BCUT2D eigenvalue weighted by molar-refractivity contribution is 6.04. The first-order valence-electron chi connectivity index (χ1n) is 5.89. The molecule has 2 rings (SSSR count). The van der Waals surface area contributed by atoms with Gasteiger partial charge in [0.1, 0.15) is 5.75 Å². The summed E-state index contributed by atoms with van der Waals surface area (Å²) in [5.74, 6) is -0.749. The molecule has 0 aliphatic carbocycles. The molecule has 2 aromatic rings. The van der Waals surface area contributed by atoms with Crippen molar-refractivity contribution < 1.29 is 19.4 Å². The molecule has 0 saturated heterocycles. The zero-order chi connectivity index (χ0) is 14.5. The van der Waals surface area contributed by atoms with Gasteiger partial charge in [0.2, 0.25) is 0 Å². The first kappa shape index (κ1) is 13.6. The Labute approximate surface area is 115 Å². The van der Waals surface area contributed by atoms with Crippen molar-refractivity contribution in [1.29, 1.82) is 0 Å². The molecule has 0 aliphatic rings. The maximum absolute atomic E-state index is 11.9. The molecule has 2 N–H and O–H groups in total. The molecule has 102 valence electrons. The topological polar surface area (TPSA) is 75.6 Å². The van der Waals surface area contributed by atoms with Crippen LogP contribution in [0.15, 0.2) is 48.5 Å². The molecule has 0 atom stereocenters. The fourth-order valence-electron chi connectivity index (χ4n) is 1.66. The predicted molar refractivity (Wildman–Crippen MR) is 73.8 cm³/mol. The van der Waals surface area contributed by atoms with Crippen molar-refractivity contribution in [2.45, 2.75) is 0 Å². The molecule has 0 aliphatic heterocycles. The van der Waals surface area contributed by atoms with Gasteiger partial charge in [0.15, 0.2) is 0 Å². The summed E-state index contributed by atoms with van der Waals surface area (Å²) < 4.78 is 4.59. The maximum atomic E-state index is 11.9. The van der Waals surface area contributed by atoms with Crippen LogP contribution in [-0.2, 0) is 4.74 Å². The van der Waals surface area contributed by atoms with E-state index in [0.29, 0.717) is 16.8 Å². The van der Waals surface area contributed by atoms with Gasteiger partial charge in [-0.2, -0.15) is 0 Å². The number of anilines is 1. The second-order valence-electron chi connectivity index (χ2n) is 4.07. The first-order valence-corrected chi connectivity index (χ1v) is 5.89. The molecule has 2 aromatic carbocycles. The zero-order valence-corrected chi connectivity index (χ0v) is 10.8. The molecular formula is C15H13NO4. The van der Waals surface area contributed by atoms with Crippen molar-refractivity contribution >= 4 is 17.6 Å². The summed E-state index contributed by atoms with van der Waals surface area (Å²) >= 11 is 0. The number of amides is 1. The minimum Gasteiger partial charge on any atom is -0.508 e. The molecule has 1 amide bonds. The van der Waals surface area contributed by atoms with Crippen molar-refractivity contribution in [1.82, 2.24) is 0 Å². The van der Waals surface area contributed by atoms with Gasteiger partial charge >= 0.3 is 5.97 Å². The van der Waals surface area contributed by atoms with E-state index in [-0.39, 0.29) is 11.7 Å². The smallest absolute Gasteiger partial charge is 0.337 e. The van der Waals surface area contributed by atoms with E-state index >= 15 is 0 Å². The normalized spacial score (nSPS) is 9.85. The fraction of sp³-hybridized carbons (Fsp3) is 0.0667. The van der Waals surface area contributed by atoms with Gasteiger partial charge in [-0.3, -0.25) is 4.79 Å². The van der Waals surface area contributed by atoms with E-state index in [1.807, 2.05) is 0 Å². The summed E-state index contributed by atoms with van der Waals surface area (Å²) in [6.45, 7) is 0. The molecule has 0 bridgehead atoms. The maximum Gasteiger partial charge on any atom is 0.337 e. The van der Waals surface area contributed by atoms with E-state index in [9.17, 15) is 14.7 Å². The third-order valence-corrected chi connectivity index (χ3v) is 2.67. The summed E-state index contributed by atoms with van der Waals surface area (Å²) in [5.41, 5.74) is 1.30. The van der Waals surface area contributed by atoms with Crippen LogP contribution in [0.1, 0.15) is 20.7 Å². The van der Waals surface area contributed by atoms with Crippen LogP contribution in [0.5, 0.6) is 5.75 Å². The molecule has 20 heavy (non-hydrogen) atoms. The van der Waals surface area contributed by atoms with Gasteiger partial charge in [-0.05, 0) is 42.5 Å². The lowest BCUT2D eigenvalue weighted by atomic mass is 10.1. The van der Waals surface area contributed by atoms with Crippen molar-refractivity contribution in [3.63, 3.8) is 0 Å². The number of phenolic OH excluding ortho intramolecular Hbond substituents is 1. The zero-order valence-electron chi connectivity index (χ0n) is 10.8. The molecule has 0 radical (unpaired) electrons. The number of carbonyl (C=O) groups is 2. The number of ether oxygens (including phenoxy) is 1. The SMILES string of the molecule is COC(=O)c1ccc(NC(=O)c2cccc(O)c2)cc1. The number of phenols is 1. The Morgan fingerprint density at radius 3 is 2.35 bits per heavy atom. The lowest BCUT2D eigenvalue weighted by molar-refractivity contribution is 0.0600. The monoisotopic (exact) mass is 271 g/mol. The summed E-state index contributed by atoms with van der Waals surface area (Å²) in [6.07, 6.45) is 0. The number of aromatic hydroxyl groups is 1. The van der Waals surface area contributed by atoms with E-state index in [2.05, 4.69) is 10.1 Å². The number of carbonyl (C=O) groups excluding carboxylic acids is 2. The Morgan fingerprint density at radius 1 is 1.05 bits per heavy atom. The molecule has 5 heteroatoms. The van der Waals surface area contributed by atoms with Crippen molar-refractivity contribution in [3.8, 4) is 5.75 Å². The number of nitrogens with one attached hydrogen (secondary N) is 1. The van der Waals surface area contributed by atoms with Crippen LogP contribution in [0.25, 0.3) is 0 Å².